The monoisotopic (exact) mass is 262 g/mol. The number of sulfonamides is 1. The van der Waals surface area contributed by atoms with Crippen LogP contribution in [0, 0.1) is 0 Å². The summed E-state index contributed by atoms with van der Waals surface area (Å²) < 4.78 is 26.7. The highest BCUT2D eigenvalue weighted by molar-refractivity contribution is 7.89. The van der Waals surface area contributed by atoms with Crippen molar-refractivity contribution in [1.29, 1.82) is 0 Å². The van der Waals surface area contributed by atoms with Gasteiger partial charge in [-0.2, -0.15) is 4.31 Å². The van der Waals surface area contributed by atoms with Crippen molar-refractivity contribution in [2.75, 3.05) is 13.1 Å². The molecule has 0 saturated carbocycles. The van der Waals surface area contributed by atoms with E-state index in [0.29, 0.717) is 6.54 Å². The molecule has 1 saturated heterocycles. The normalized spacial score (nSPS) is 29.2. The first-order chi connectivity index (χ1) is 7.91. The number of hydrogen-bond acceptors (Lipinski definition) is 3. The summed E-state index contributed by atoms with van der Waals surface area (Å²) in [6.45, 7) is 9.18. The smallest absolute Gasteiger partial charge is 0.218 e. The van der Waals surface area contributed by atoms with Crippen molar-refractivity contribution in [3.8, 4) is 0 Å². The van der Waals surface area contributed by atoms with Crippen LogP contribution in [-0.4, -0.2) is 43.1 Å². The number of rotatable bonds is 5. The number of nitrogens with zero attached hydrogens (tertiary/aromatic N) is 1. The second kappa shape index (κ2) is 6.16. The van der Waals surface area contributed by atoms with Crippen molar-refractivity contribution < 1.29 is 8.42 Å². The van der Waals surface area contributed by atoms with E-state index in [1.165, 1.54) is 0 Å². The van der Waals surface area contributed by atoms with E-state index in [0.717, 1.165) is 25.8 Å². The first-order valence-corrected chi connectivity index (χ1v) is 8.14. The Hall–Kier alpha value is -0.130. The molecule has 1 N–H and O–H groups in total. The van der Waals surface area contributed by atoms with Crippen LogP contribution in [0.5, 0.6) is 0 Å². The first-order valence-electron chi connectivity index (χ1n) is 6.64. The van der Waals surface area contributed by atoms with Gasteiger partial charge in [0, 0.05) is 18.6 Å². The molecule has 1 heterocycles. The third-order valence-corrected chi connectivity index (χ3v) is 6.09. The minimum atomic E-state index is -3.16. The van der Waals surface area contributed by atoms with E-state index >= 15 is 0 Å². The highest BCUT2D eigenvalue weighted by atomic mass is 32.2. The summed E-state index contributed by atoms with van der Waals surface area (Å²) in [5.74, 6) is 0. The maximum absolute atomic E-state index is 12.5. The van der Waals surface area contributed by atoms with Gasteiger partial charge < -0.3 is 5.32 Å². The van der Waals surface area contributed by atoms with Crippen LogP contribution >= 0.6 is 0 Å². The Kier molecular flexibility index (Phi) is 5.41. The topological polar surface area (TPSA) is 49.4 Å². The first kappa shape index (κ1) is 14.9. The van der Waals surface area contributed by atoms with Gasteiger partial charge in [-0.3, -0.25) is 0 Å². The molecule has 0 aromatic carbocycles. The van der Waals surface area contributed by atoms with E-state index in [2.05, 4.69) is 5.32 Å². The van der Waals surface area contributed by atoms with E-state index in [1.807, 2.05) is 20.8 Å². The molecule has 1 unspecified atom stereocenters. The molecule has 0 aromatic rings. The van der Waals surface area contributed by atoms with Crippen LogP contribution in [0.3, 0.4) is 0 Å². The molecule has 0 aliphatic carbocycles. The molecule has 0 bridgehead atoms. The summed E-state index contributed by atoms with van der Waals surface area (Å²) in [5, 5.41) is 2.77. The number of nitrogens with one attached hydrogen (secondary N) is 1. The third-order valence-electron chi connectivity index (χ3n) is 3.60. The van der Waals surface area contributed by atoms with Gasteiger partial charge in [0.1, 0.15) is 0 Å². The molecule has 0 aromatic heterocycles. The van der Waals surface area contributed by atoms with Crippen molar-refractivity contribution in [3.63, 3.8) is 0 Å². The molecular formula is C12H26N2O2S. The molecular weight excluding hydrogens is 236 g/mol. The summed E-state index contributed by atoms with van der Waals surface area (Å²) in [5.41, 5.74) is 0. The molecule has 4 nitrogen and oxygen atoms in total. The van der Waals surface area contributed by atoms with Crippen LogP contribution < -0.4 is 5.32 Å². The molecule has 3 atom stereocenters. The van der Waals surface area contributed by atoms with E-state index in [-0.39, 0.29) is 17.3 Å². The van der Waals surface area contributed by atoms with Gasteiger partial charge in [-0.15, -0.1) is 0 Å². The Morgan fingerprint density at radius 3 is 2.29 bits per heavy atom. The summed E-state index contributed by atoms with van der Waals surface area (Å²) in [6, 6.07) is 0.292. The zero-order valence-corrected chi connectivity index (χ0v) is 12.3. The van der Waals surface area contributed by atoms with Gasteiger partial charge >= 0.3 is 0 Å². The van der Waals surface area contributed by atoms with E-state index in [1.54, 1.807) is 11.2 Å². The molecule has 0 radical (unpaired) electrons. The standard InChI is InChI=1S/C12H26N2O2S/c1-5-13-9-12(4)17(15,16)14-10(2)7-6-8-11(14)3/h10-13H,5-9H2,1-4H3/t10-,11+,12?. The molecule has 0 spiro atoms. The van der Waals surface area contributed by atoms with Gasteiger partial charge in [0.25, 0.3) is 0 Å². The van der Waals surface area contributed by atoms with Crippen molar-refractivity contribution in [2.45, 2.75) is 64.3 Å². The molecule has 5 heteroatoms. The lowest BCUT2D eigenvalue weighted by atomic mass is 10.0. The Morgan fingerprint density at radius 2 is 1.82 bits per heavy atom. The van der Waals surface area contributed by atoms with Gasteiger partial charge in [-0.25, -0.2) is 8.42 Å². The minimum Gasteiger partial charge on any atom is -0.316 e. The summed E-state index contributed by atoms with van der Waals surface area (Å²) in [7, 11) is -3.16. The van der Waals surface area contributed by atoms with Crippen molar-refractivity contribution in [3.05, 3.63) is 0 Å². The van der Waals surface area contributed by atoms with E-state index in [4.69, 9.17) is 0 Å². The van der Waals surface area contributed by atoms with Crippen LogP contribution in [0.4, 0.5) is 0 Å². The summed E-state index contributed by atoms with van der Waals surface area (Å²) in [6.07, 6.45) is 3.10. The Labute approximate surface area is 106 Å². The quantitative estimate of drug-likeness (QED) is 0.818. The molecule has 1 fully saturated rings. The Bertz CT molecular complexity index is 319. The average molecular weight is 262 g/mol. The lowest BCUT2D eigenvalue weighted by molar-refractivity contribution is 0.202. The number of hydrogen-bond donors (Lipinski definition) is 1. The fourth-order valence-electron chi connectivity index (χ4n) is 2.56. The summed E-state index contributed by atoms with van der Waals surface area (Å²) in [4.78, 5) is 0. The number of piperidine rings is 1. The SMILES string of the molecule is CCNCC(C)S(=O)(=O)N1[C@H](C)CCC[C@@H]1C. The fourth-order valence-corrected chi connectivity index (χ4v) is 4.52. The van der Waals surface area contributed by atoms with Crippen molar-refractivity contribution in [2.24, 2.45) is 0 Å². The minimum absolute atomic E-state index is 0.146. The van der Waals surface area contributed by atoms with Gasteiger partial charge in [-0.05, 0) is 40.2 Å². The predicted molar refractivity (Wildman–Crippen MR) is 71.5 cm³/mol. The maximum Gasteiger partial charge on any atom is 0.218 e. The zero-order chi connectivity index (χ0) is 13.1. The molecule has 1 aliphatic heterocycles. The fraction of sp³-hybridized carbons (Fsp3) is 1.00. The van der Waals surface area contributed by atoms with Crippen molar-refractivity contribution >= 4 is 10.0 Å². The molecule has 1 rings (SSSR count). The van der Waals surface area contributed by atoms with Crippen LogP contribution in [0.2, 0.25) is 0 Å². The van der Waals surface area contributed by atoms with E-state index < -0.39 is 10.0 Å². The second-order valence-electron chi connectivity index (χ2n) is 5.12. The Balaban J connectivity index is 2.80. The third kappa shape index (κ3) is 3.42. The van der Waals surface area contributed by atoms with Crippen LogP contribution in [0.1, 0.15) is 47.0 Å². The Morgan fingerprint density at radius 1 is 1.29 bits per heavy atom. The molecule has 1 aliphatic rings. The molecule has 102 valence electrons. The van der Waals surface area contributed by atoms with Gasteiger partial charge in [0.05, 0.1) is 5.25 Å². The average Bonchev–Trinajstić information content (AvgIpc) is 2.25. The largest absolute Gasteiger partial charge is 0.316 e. The second-order valence-corrected chi connectivity index (χ2v) is 7.38. The highest BCUT2D eigenvalue weighted by Crippen LogP contribution is 2.27. The van der Waals surface area contributed by atoms with Gasteiger partial charge in [0.15, 0.2) is 0 Å². The summed E-state index contributed by atoms with van der Waals surface area (Å²) >= 11 is 0. The van der Waals surface area contributed by atoms with Gasteiger partial charge in [0.2, 0.25) is 10.0 Å². The van der Waals surface area contributed by atoms with Gasteiger partial charge in [-0.1, -0.05) is 13.3 Å². The lowest BCUT2D eigenvalue weighted by Crippen LogP contribution is -2.52. The van der Waals surface area contributed by atoms with E-state index in [9.17, 15) is 8.42 Å². The zero-order valence-electron chi connectivity index (χ0n) is 11.4. The molecule has 17 heavy (non-hydrogen) atoms. The van der Waals surface area contributed by atoms with Crippen LogP contribution in [0.25, 0.3) is 0 Å². The van der Waals surface area contributed by atoms with Crippen LogP contribution in [-0.2, 0) is 10.0 Å². The lowest BCUT2D eigenvalue weighted by Gasteiger charge is -2.39. The van der Waals surface area contributed by atoms with Crippen molar-refractivity contribution in [1.82, 2.24) is 9.62 Å². The predicted octanol–water partition coefficient (Wildman–Crippen LogP) is 1.58. The highest BCUT2D eigenvalue weighted by Gasteiger charge is 2.37. The molecule has 0 amide bonds. The maximum atomic E-state index is 12.5. The van der Waals surface area contributed by atoms with Crippen LogP contribution in [0.15, 0.2) is 0 Å².